The van der Waals surface area contributed by atoms with E-state index in [4.69, 9.17) is 26.8 Å². The number of hydrogen-bond donors (Lipinski definition) is 2. The van der Waals surface area contributed by atoms with E-state index in [1.807, 2.05) is 24.3 Å². The molecule has 2 fully saturated rings. The highest BCUT2D eigenvalue weighted by Gasteiger charge is 2.31. The van der Waals surface area contributed by atoms with E-state index in [9.17, 15) is 9.59 Å². The predicted molar refractivity (Wildman–Crippen MR) is 173 cm³/mol. The number of aromatic amines is 1. The smallest absolute Gasteiger partial charge is 0.335 e. The zero-order valence-electron chi connectivity index (χ0n) is 23.8. The van der Waals surface area contributed by atoms with Crippen molar-refractivity contribution < 1.29 is 28.6 Å². The van der Waals surface area contributed by atoms with Crippen LogP contribution in [-0.2, 0) is 16.0 Å². The molecule has 6 rings (SSSR count). The van der Waals surface area contributed by atoms with Gasteiger partial charge in [0.1, 0.15) is 22.5 Å². The standard InChI is InChI=1S/C33H30FN3O5S2/c34-27-20-28-24(7-9-35-28)19-25(27)26-17-22(3-6-29(26)42-16-13-36-11-14-41-15-12-36)18-30-31(38)37(33(43)44-30)10-8-21-1-4-23(5-2-21)32(39)40/h1-7,9,17-20,35H,8,10-16H2,(H,39,40). The number of carbonyl (C=O) groups excluding carboxylic acids is 1. The van der Waals surface area contributed by atoms with Crippen LogP contribution in [0.2, 0.25) is 0 Å². The van der Waals surface area contributed by atoms with E-state index in [0.29, 0.717) is 64.4 Å². The number of aromatic carboxylic acids is 1. The van der Waals surface area contributed by atoms with Gasteiger partial charge in [0.15, 0.2) is 0 Å². The molecule has 0 radical (unpaired) electrons. The van der Waals surface area contributed by atoms with Crippen LogP contribution in [0.1, 0.15) is 21.5 Å². The minimum atomic E-state index is -0.984. The zero-order valence-corrected chi connectivity index (χ0v) is 25.4. The van der Waals surface area contributed by atoms with Crippen LogP contribution in [-0.4, -0.2) is 82.1 Å². The molecule has 4 aromatic rings. The molecule has 0 unspecified atom stereocenters. The number of aromatic nitrogens is 1. The predicted octanol–water partition coefficient (Wildman–Crippen LogP) is 5.83. The van der Waals surface area contributed by atoms with E-state index in [1.165, 1.54) is 17.8 Å². The Bertz CT molecular complexity index is 1750. The van der Waals surface area contributed by atoms with Gasteiger partial charge in [-0.25, -0.2) is 9.18 Å². The molecule has 11 heteroatoms. The number of carboxylic acids is 1. The second kappa shape index (κ2) is 13.3. The van der Waals surface area contributed by atoms with E-state index in [-0.39, 0.29) is 17.3 Å². The molecule has 226 valence electrons. The molecule has 0 saturated carbocycles. The summed E-state index contributed by atoms with van der Waals surface area (Å²) in [5.74, 6) is -1.000. The van der Waals surface area contributed by atoms with Crippen molar-refractivity contribution in [1.29, 1.82) is 0 Å². The maximum atomic E-state index is 15.4. The maximum Gasteiger partial charge on any atom is 0.335 e. The van der Waals surface area contributed by atoms with Crippen LogP contribution >= 0.6 is 24.0 Å². The van der Waals surface area contributed by atoms with Crippen LogP contribution in [0.3, 0.4) is 0 Å². The number of rotatable bonds is 10. The number of nitrogens with one attached hydrogen (secondary N) is 1. The molecule has 0 aliphatic carbocycles. The summed E-state index contributed by atoms with van der Waals surface area (Å²) < 4.78 is 27.5. The number of thiocarbonyl (C=S) groups is 1. The van der Waals surface area contributed by atoms with Crippen LogP contribution in [0.25, 0.3) is 28.1 Å². The molecule has 2 N–H and O–H groups in total. The van der Waals surface area contributed by atoms with Crippen molar-refractivity contribution in [2.75, 3.05) is 46.0 Å². The Labute approximate surface area is 263 Å². The monoisotopic (exact) mass is 631 g/mol. The van der Waals surface area contributed by atoms with E-state index in [1.54, 1.807) is 47.5 Å². The number of benzene rings is 3. The Balaban J connectivity index is 1.23. The summed E-state index contributed by atoms with van der Waals surface area (Å²) in [6, 6.07) is 17.3. The first-order valence-corrected chi connectivity index (χ1v) is 15.5. The fraction of sp³-hybridized carbons (Fsp3) is 0.242. The van der Waals surface area contributed by atoms with E-state index in [0.717, 1.165) is 36.1 Å². The molecule has 0 spiro atoms. The highest BCUT2D eigenvalue weighted by Crippen LogP contribution is 2.37. The topological polar surface area (TPSA) is 95.1 Å². The fourth-order valence-corrected chi connectivity index (χ4v) is 6.57. The van der Waals surface area contributed by atoms with Crippen LogP contribution in [0, 0.1) is 5.82 Å². The molecule has 2 aliphatic rings. The third-order valence-corrected chi connectivity index (χ3v) is 9.08. The summed E-state index contributed by atoms with van der Waals surface area (Å²) in [6.45, 7) is 4.65. The number of nitrogens with zero attached hydrogens (tertiary/aromatic N) is 2. The molecule has 1 aromatic heterocycles. The van der Waals surface area contributed by atoms with Gasteiger partial charge in [-0.15, -0.1) is 0 Å². The summed E-state index contributed by atoms with van der Waals surface area (Å²) in [7, 11) is 0. The molecular formula is C33H30FN3O5S2. The maximum absolute atomic E-state index is 15.4. The Kier molecular flexibility index (Phi) is 9.08. The van der Waals surface area contributed by atoms with Gasteiger partial charge in [0.05, 0.1) is 23.7 Å². The SMILES string of the molecule is O=C(O)c1ccc(CCN2C(=O)C(=Cc3ccc(OCCN4CCOCC4)c(-c4cc5cc[nH]c5cc4F)c3)SC2=S)cc1. The lowest BCUT2D eigenvalue weighted by molar-refractivity contribution is -0.122. The third-order valence-electron chi connectivity index (χ3n) is 7.70. The molecule has 8 nitrogen and oxygen atoms in total. The van der Waals surface area contributed by atoms with Gasteiger partial charge in [-0.2, -0.15) is 0 Å². The molecule has 44 heavy (non-hydrogen) atoms. The Morgan fingerprint density at radius 2 is 1.86 bits per heavy atom. The van der Waals surface area contributed by atoms with Crippen molar-refractivity contribution in [3.8, 4) is 16.9 Å². The van der Waals surface area contributed by atoms with Crippen molar-refractivity contribution in [2.45, 2.75) is 6.42 Å². The molecular weight excluding hydrogens is 602 g/mol. The lowest BCUT2D eigenvalue weighted by Gasteiger charge is -2.26. The van der Waals surface area contributed by atoms with Crippen molar-refractivity contribution in [2.24, 2.45) is 0 Å². The molecule has 3 heterocycles. The zero-order chi connectivity index (χ0) is 30.6. The van der Waals surface area contributed by atoms with Crippen LogP contribution in [0.4, 0.5) is 4.39 Å². The molecule has 2 aliphatic heterocycles. The van der Waals surface area contributed by atoms with Crippen LogP contribution < -0.4 is 4.74 Å². The van der Waals surface area contributed by atoms with Crippen molar-refractivity contribution in [1.82, 2.24) is 14.8 Å². The number of morpholine rings is 1. The summed E-state index contributed by atoms with van der Waals surface area (Å²) >= 11 is 6.75. The number of thioether (sulfide) groups is 1. The molecule has 2 saturated heterocycles. The fourth-order valence-electron chi connectivity index (χ4n) is 5.26. The van der Waals surface area contributed by atoms with Gasteiger partial charge in [-0.05, 0) is 66.1 Å². The van der Waals surface area contributed by atoms with Gasteiger partial charge in [0.2, 0.25) is 0 Å². The van der Waals surface area contributed by atoms with E-state index in [2.05, 4.69) is 9.88 Å². The normalized spacial score (nSPS) is 16.8. The van der Waals surface area contributed by atoms with Gasteiger partial charge < -0.3 is 19.6 Å². The third kappa shape index (κ3) is 6.71. The Morgan fingerprint density at radius 3 is 2.64 bits per heavy atom. The summed E-state index contributed by atoms with van der Waals surface area (Å²) in [4.78, 5) is 31.8. The van der Waals surface area contributed by atoms with Gasteiger partial charge in [-0.3, -0.25) is 14.6 Å². The van der Waals surface area contributed by atoms with Crippen molar-refractivity contribution >= 4 is 57.2 Å². The van der Waals surface area contributed by atoms with Crippen LogP contribution in [0.15, 0.2) is 71.8 Å². The number of H-pyrrole nitrogens is 1. The number of carboxylic acid groups (broad SMARTS) is 1. The first-order valence-electron chi connectivity index (χ1n) is 14.3. The minimum Gasteiger partial charge on any atom is -0.492 e. The second-order valence-corrected chi connectivity index (χ2v) is 12.2. The quantitative estimate of drug-likeness (QED) is 0.167. The van der Waals surface area contributed by atoms with Gasteiger partial charge >= 0.3 is 5.97 Å². The Morgan fingerprint density at radius 1 is 1.07 bits per heavy atom. The molecule has 1 amide bonds. The molecule has 0 atom stereocenters. The van der Waals surface area contributed by atoms with Gasteiger partial charge in [0, 0.05) is 54.4 Å². The highest BCUT2D eigenvalue weighted by molar-refractivity contribution is 8.26. The summed E-state index contributed by atoms with van der Waals surface area (Å²) in [6.07, 6.45) is 4.08. The number of hydrogen-bond acceptors (Lipinski definition) is 7. The van der Waals surface area contributed by atoms with Gasteiger partial charge in [0.25, 0.3) is 5.91 Å². The first-order chi connectivity index (χ1) is 21.4. The lowest BCUT2D eigenvalue weighted by Crippen LogP contribution is -2.38. The van der Waals surface area contributed by atoms with Gasteiger partial charge in [-0.1, -0.05) is 42.2 Å². The highest BCUT2D eigenvalue weighted by atomic mass is 32.2. The molecule has 3 aromatic carbocycles. The summed E-state index contributed by atoms with van der Waals surface area (Å²) in [5, 5.41) is 10.00. The average Bonchev–Trinajstić information content (AvgIpc) is 3.59. The number of fused-ring (bicyclic) bond motifs is 1. The summed E-state index contributed by atoms with van der Waals surface area (Å²) in [5.41, 5.74) is 3.56. The number of ether oxygens (including phenoxy) is 2. The number of amides is 1. The lowest BCUT2D eigenvalue weighted by atomic mass is 9.99. The largest absolute Gasteiger partial charge is 0.492 e. The Hall–Kier alpha value is -4.03. The second-order valence-electron chi connectivity index (χ2n) is 10.5. The number of carbonyl (C=O) groups is 2. The molecule has 0 bridgehead atoms. The van der Waals surface area contributed by atoms with Crippen molar-refractivity contribution in [3.05, 3.63) is 94.3 Å². The van der Waals surface area contributed by atoms with E-state index >= 15 is 4.39 Å². The van der Waals surface area contributed by atoms with Crippen LogP contribution in [0.5, 0.6) is 5.75 Å². The van der Waals surface area contributed by atoms with Crippen molar-refractivity contribution in [3.63, 3.8) is 0 Å². The first kappa shape index (κ1) is 30.0. The number of halogens is 1. The van der Waals surface area contributed by atoms with E-state index < -0.39 is 5.97 Å². The average molecular weight is 632 g/mol. The minimum absolute atomic E-state index is 0.200.